The highest BCUT2D eigenvalue weighted by atomic mass is 35.5. The average molecular weight is 341 g/mol. The van der Waals surface area contributed by atoms with Gasteiger partial charge in [0.15, 0.2) is 0 Å². The fraction of sp³-hybridized carbons (Fsp3) is 0.625. The number of likely N-dealkylation sites (tertiary alicyclic amines) is 1. The standard InChI is InChI=1S/C16H21ClN2O2S/c17-14-9-18-7-5-15(14)21-12-6-8-19(10-12)16(20)11-22-13-3-1-2-4-13/h5,7,9,12-13H,1-4,6,8,10-11H2/t12-/m1/s1. The smallest absolute Gasteiger partial charge is 0.232 e. The molecule has 22 heavy (non-hydrogen) atoms. The lowest BCUT2D eigenvalue weighted by Crippen LogP contribution is -2.32. The van der Waals surface area contributed by atoms with Gasteiger partial charge in [-0.3, -0.25) is 9.78 Å². The van der Waals surface area contributed by atoms with E-state index < -0.39 is 0 Å². The van der Waals surface area contributed by atoms with E-state index >= 15 is 0 Å². The van der Waals surface area contributed by atoms with Crippen LogP contribution in [0.25, 0.3) is 0 Å². The van der Waals surface area contributed by atoms with E-state index in [0.29, 0.717) is 28.3 Å². The summed E-state index contributed by atoms with van der Waals surface area (Å²) in [4.78, 5) is 18.1. The number of hydrogen-bond donors (Lipinski definition) is 0. The molecule has 0 unspecified atom stereocenters. The largest absolute Gasteiger partial charge is 0.487 e. The molecule has 1 saturated heterocycles. The van der Waals surface area contributed by atoms with Gasteiger partial charge in [-0.25, -0.2) is 0 Å². The van der Waals surface area contributed by atoms with Crippen LogP contribution in [0.5, 0.6) is 5.75 Å². The van der Waals surface area contributed by atoms with Crippen molar-refractivity contribution in [2.45, 2.75) is 43.5 Å². The summed E-state index contributed by atoms with van der Waals surface area (Å²) in [5.74, 6) is 1.49. The van der Waals surface area contributed by atoms with E-state index in [1.165, 1.54) is 25.7 Å². The molecule has 1 atom stereocenters. The van der Waals surface area contributed by atoms with Crippen molar-refractivity contribution in [2.75, 3.05) is 18.8 Å². The third-order valence-electron chi connectivity index (χ3n) is 4.27. The van der Waals surface area contributed by atoms with Gasteiger partial charge in [0.05, 0.1) is 12.3 Å². The zero-order chi connectivity index (χ0) is 15.4. The molecule has 6 heteroatoms. The molecule has 0 bridgehead atoms. The molecule has 1 amide bonds. The zero-order valence-corrected chi connectivity index (χ0v) is 14.1. The Morgan fingerprint density at radius 1 is 1.41 bits per heavy atom. The van der Waals surface area contributed by atoms with Crippen LogP contribution in [0.1, 0.15) is 32.1 Å². The average Bonchev–Trinajstić information content (AvgIpc) is 3.19. The third kappa shape index (κ3) is 4.07. The van der Waals surface area contributed by atoms with Gasteiger partial charge in [-0.15, -0.1) is 11.8 Å². The molecule has 0 radical (unpaired) electrons. The Morgan fingerprint density at radius 2 is 2.23 bits per heavy atom. The Labute approximate surface area is 140 Å². The SMILES string of the molecule is O=C(CSC1CCCC1)N1CC[C@@H](Oc2ccncc2Cl)C1. The summed E-state index contributed by atoms with van der Waals surface area (Å²) in [5, 5.41) is 1.21. The summed E-state index contributed by atoms with van der Waals surface area (Å²) >= 11 is 7.88. The van der Waals surface area contributed by atoms with Crippen molar-refractivity contribution in [3.05, 3.63) is 23.5 Å². The zero-order valence-electron chi connectivity index (χ0n) is 12.5. The van der Waals surface area contributed by atoms with Crippen LogP contribution >= 0.6 is 23.4 Å². The van der Waals surface area contributed by atoms with Crippen molar-refractivity contribution in [3.63, 3.8) is 0 Å². The number of ether oxygens (including phenoxy) is 1. The summed E-state index contributed by atoms with van der Waals surface area (Å²) in [6.45, 7) is 1.43. The second kappa shape index (κ2) is 7.55. The molecule has 2 aliphatic rings. The highest BCUT2D eigenvalue weighted by Gasteiger charge is 2.28. The molecule has 1 aliphatic carbocycles. The number of carbonyl (C=O) groups excluding carboxylic acids is 1. The van der Waals surface area contributed by atoms with E-state index in [2.05, 4.69) is 4.98 Å². The number of halogens is 1. The lowest BCUT2D eigenvalue weighted by molar-refractivity contribution is -0.127. The van der Waals surface area contributed by atoms with Gasteiger partial charge in [-0.05, 0) is 12.8 Å². The molecule has 1 saturated carbocycles. The van der Waals surface area contributed by atoms with Crippen molar-refractivity contribution in [3.8, 4) is 5.75 Å². The van der Waals surface area contributed by atoms with Gasteiger partial charge >= 0.3 is 0 Å². The van der Waals surface area contributed by atoms with Gasteiger partial charge in [0.2, 0.25) is 5.91 Å². The van der Waals surface area contributed by atoms with Crippen molar-refractivity contribution in [1.29, 1.82) is 0 Å². The highest BCUT2D eigenvalue weighted by molar-refractivity contribution is 8.00. The summed E-state index contributed by atoms with van der Waals surface area (Å²) in [6, 6.07) is 1.77. The van der Waals surface area contributed by atoms with Crippen molar-refractivity contribution >= 4 is 29.3 Å². The maximum atomic E-state index is 12.3. The molecule has 120 valence electrons. The molecular formula is C16H21ClN2O2S. The van der Waals surface area contributed by atoms with Crippen LogP contribution in [-0.2, 0) is 4.79 Å². The summed E-state index contributed by atoms with van der Waals surface area (Å²) < 4.78 is 5.89. The number of nitrogens with zero attached hydrogens (tertiary/aromatic N) is 2. The number of thioether (sulfide) groups is 1. The van der Waals surface area contributed by atoms with E-state index in [1.807, 2.05) is 16.7 Å². The van der Waals surface area contributed by atoms with Crippen LogP contribution in [0, 0.1) is 0 Å². The molecule has 2 heterocycles. The van der Waals surface area contributed by atoms with Crippen molar-refractivity contribution in [2.24, 2.45) is 0 Å². The first kappa shape index (κ1) is 15.9. The first-order valence-electron chi connectivity index (χ1n) is 7.88. The van der Waals surface area contributed by atoms with Crippen LogP contribution in [0.3, 0.4) is 0 Å². The minimum Gasteiger partial charge on any atom is -0.487 e. The normalized spacial score (nSPS) is 22.2. The van der Waals surface area contributed by atoms with Gasteiger partial charge < -0.3 is 9.64 Å². The summed E-state index contributed by atoms with van der Waals surface area (Å²) in [7, 11) is 0. The maximum Gasteiger partial charge on any atom is 0.232 e. The van der Waals surface area contributed by atoms with E-state index in [1.54, 1.807) is 18.5 Å². The molecule has 4 nitrogen and oxygen atoms in total. The van der Waals surface area contributed by atoms with Crippen LogP contribution in [0.2, 0.25) is 5.02 Å². The number of hydrogen-bond acceptors (Lipinski definition) is 4. The van der Waals surface area contributed by atoms with Gasteiger partial charge in [0.1, 0.15) is 16.9 Å². The molecular weight excluding hydrogens is 320 g/mol. The highest BCUT2D eigenvalue weighted by Crippen LogP contribution is 2.30. The number of amides is 1. The molecule has 1 aromatic rings. The Morgan fingerprint density at radius 3 is 3.00 bits per heavy atom. The van der Waals surface area contributed by atoms with E-state index in [0.717, 1.165) is 13.0 Å². The first-order valence-corrected chi connectivity index (χ1v) is 9.30. The fourth-order valence-corrected chi connectivity index (χ4v) is 4.42. The van der Waals surface area contributed by atoms with E-state index in [4.69, 9.17) is 16.3 Å². The molecule has 3 rings (SSSR count). The van der Waals surface area contributed by atoms with Gasteiger partial charge in [0.25, 0.3) is 0 Å². The number of carbonyl (C=O) groups is 1. The second-order valence-electron chi connectivity index (χ2n) is 5.89. The Hall–Kier alpha value is -0.940. The van der Waals surface area contributed by atoms with Crippen molar-refractivity contribution < 1.29 is 9.53 Å². The molecule has 0 aromatic carbocycles. The lowest BCUT2D eigenvalue weighted by Gasteiger charge is -2.18. The van der Waals surface area contributed by atoms with Crippen LogP contribution in [-0.4, -0.2) is 46.0 Å². The molecule has 1 aromatic heterocycles. The topological polar surface area (TPSA) is 42.4 Å². The maximum absolute atomic E-state index is 12.3. The van der Waals surface area contributed by atoms with Crippen LogP contribution in [0.4, 0.5) is 0 Å². The number of aromatic nitrogens is 1. The molecule has 0 N–H and O–H groups in total. The van der Waals surface area contributed by atoms with Crippen molar-refractivity contribution in [1.82, 2.24) is 9.88 Å². The Kier molecular flexibility index (Phi) is 5.47. The quantitative estimate of drug-likeness (QED) is 0.824. The summed E-state index contributed by atoms with van der Waals surface area (Å²) in [5.41, 5.74) is 0. The third-order valence-corrected chi connectivity index (χ3v) is 5.91. The lowest BCUT2D eigenvalue weighted by atomic mass is 10.3. The minimum absolute atomic E-state index is 0.0281. The van der Waals surface area contributed by atoms with Crippen LogP contribution < -0.4 is 4.74 Å². The Balaban J connectivity index is 1.45. The predicted octanol–water partition coefficient (Wildman–Crippen LogP) is 3.39. The van der Waals surface area contributed by atoms with Gasteiger partial charge in [-0.1, -0.05) is 24.4 Å². The molecule has 0 spiro atoms. The Bertz CT molecular complexity index is 523. The number of rotatable bonds is 5. The minimum atomic E-state index is 0.0281. The molecule has 2 fully saturated rings. The monoisotopic (exact) mass is 340 g/mol. The van der Waals surface area contributed by atoms with E-state index in [-0.39, 0.29) is 12.0 Å². The summed E-state index contributed by atoms with van der Waals surface area (Å²) in [6.07, 6.45) is 9.30. The predicted molar refractivity (Wildman–Crippen MR) is 89.6 cm³/mol. The van der Waals surface area contributed by atoms with Gasteiger partial charge in [0, 0.05) is 36.7 Å². The second-order valence-corrected chi connectivity index (χ2v) is 7.59. The van der Waals surface area contributed by atoms with E-state index in [9.17, 15) is 4.79 Å². The van der Waals surface area contributed by atoms with Gasteiger partial charge in [-0.2, -0.15) is 0 Å². The van der Waals surface area contributed by atoms with Crippen LogP contribution in [0.15, 0.2) is 18.5 Å². The fourth-order valence-electron chi connectivity index (χ4n) is 3.02. The molecule has 1 aliphatic heterocycles. The first-order chi connectivity index (χ1) is 10.7. The number of pyridine rings is 1.